The van der Waals surface area contributed by atoms with Crippen molar-refractivity contribution in [1.29, 1.82) is 5.26 Å². The highest BCUT2D eigenvalue weighted by Crippen LogP contribution is 2.19. The molecule has 0 N–H and O–H groups in total. The van der Waals surface area contributed by atoms with Crippen LogP contribution < -0.4 is 0 Å². The average molecular weight is 208 g/mol. The highest BCUT2D eigenvalue weighted by Gasteiger charge is 2.32. The fraction of sp³-hybridized carbons (Fsp3) is 0.727. The van der Waals surface area contributed by atoms with Gasteiger partial charge in [0.2, 0.25) is 11.8 Å². The smallest absolute Gasteiger partial charge is 0.230 e. The van der Waals surface area contributed by atoms with E-state index in [9.17, 15) is 9.59 Å². The molecule has 0 aromatic rings. The van der Waals surface area contributed by atoms with Crippen LogP contribution >= 0.6 is 0 Å². The van der Waals surface area contributed by atoms with Crippen molar-refractivity contribution >= 4 is 11.8 Å². The van der Waals surface area contributed by atoms with Crippen molar-refractivity contribution in [2.45, 2.75) is 45.6 Å². The Bertz CT molecular complexity index is 286. The van der Waals surface area contributed by atoms with Gasteiger partial charge in [-0.05, 0) is 18.8 Å². The summed E-state index contributed by atoms with van der Waals surface area (Å²) in [5.41, 5.74) is 0. The Morgan fingerprint density at radius 1 is 1.20 bits per heavy atom. The molecule has 1 aliphatic heterocycles. The normalized spacial score (nSPS) is 20.0. The van der Waals surface area contributed by atoms with E-state index >= 15 is 0 Å². The Kier molecular flexibility index (Phi) is 3.84. The van der Waals surface area contributed by atoms with Crippen molar-refractivity contribution in [3.63, 3.8) is 0 Å². The largest absolute Gasteiger partial charge is 0.274 e. The third-order valence-corrected chi connectivity index (χ3v) is 2.61. The van der Waals surface area contributed by atoms with Crippen molar-refractivity contribution in [3.8, 4) is 6.07 Å². The predicted molar refractivity (Wildman–Crippen MR) is 54.6 cm³/mol. The minimum atomic E-state index is -0.608. The lowest BCUT2D eigenvalue weighted by atomic mass is 10.0. The second-order valence-corrected chi connectivity index (χ2v) is 4.18. The van der Waals surface area contributed by atoms with Crippen LogP contribution in [0.5, 0.6) is 0 Å². The Morgan fingerprint density at radius 2 is 1.67 bits per heavy atom. The summed E-state index contributed by atoms with van der Waals surface area (Å²) in [5, 5.41) is 8.98. The summed E-state index contributed by atoms with van der Waals surface area (Å²) < 4.78 is 0. The molecule has 1 heterocycles. The van der Waals surface area contributed by atoms with E-state index in [-0.39, 0.29) is 17.7 Å². The summed E-state index contributed by atoms with van der Waals surface area (Å²) in [4.78, 5) is 24.5. The maximum absolute atomic E-state index is 11.7. The lowest BCUT2D eigenvalue weighted by molar-refractivity contribution is -0.146. The maximum Gasteiger partial charge on any atom is 0.230 e. The molecule has 0 spiro atoms. The number of carbonyl (C=O) groups excluding carboxylic acids is 2. The third kappa shape index (κ3) is 2.56. The summed E-state index contributed by atoms with van der Waals surface area (Å²) in [6, 6.07) is 1.44. The molecule has 2 amide bonds. The van der Waals surface area contributed by atoms with Gasteiger partial charge in [0.05, 0.1) is 6.07 Å². The molecule has 0 bridgehead atoms. The second kappa shape index (κ2) is 4.92. The molecule has 1 aliphatic rings. The topological polar surface area (TPSA) is 61.2 Å². The van der Waals surface area contributed by atoms with Gasteiger partial charge in [0.1, 0.15) is 6.04 Å². The molecule has 1 unspecified atom stereocenters. The fourth-order valence-electron chi connectivity index (χ4n) is 1.75. The van der Waals surface area contributed by atoms with E-state index < -0.39 is 6.04 Å². The molecule has 0 radical (unpaired) electrons. The molecule has 1 saturated heterocycles. The molecular formula is C11H16N2O2. The zero-order valence-corrected chi connectivity index (χ0v) is 9.19. The Morgan fingerprint density at radius 3 is 2.00 bits per heavy atom. The number of nitrogens with zero attached hydrogens (tertiary/aromatic N) is 2. The standard InChI is InChI=1S/C11H16N2O2/c1-8(2)9(7-12)13-10(14)5-3-4-6-11(13)15/h8-9H,3-6H2,1-2H3. The minimum Gasteiger partial charge on any atom is -0.274 e. The Balaban J connectivity index is 2.92. The van der Waals surface area contributed by atoms with Gasteiger partial charge in [-0.15, -0.1) is 0 Å². The highest BCUT2D eigenvalue weighted by atomic mass is 16.2. The van der Waals surface area contributed by atoms with Crippen LogP contribution in [0.1, 0.15) is 39.5 Å². The van der Waals surface area contributed by atoms with Gasteiger partial charge in [0, 0.05) is 12.8 Å². The Hall–Kier alpha value is -1.37. The number of hydrogen-bond acceptors (Lipinski definition) is 3. The van der Waals surface area contributed by atoms with E-state index in [4.69, 9.17) is 5.26 Å². The monoisotopic (exact) mass is 208 g/mol. The lowest BCUT2D eigenvalue weighted by Gasteiger charge is -2.26. The maximum atomic E-state index is 11.7. The van der Waals surface area contributed by atoms with E-state index in [1.165, 1.54) is 0 Å². The zero-order valence-electron chi connectivity index (χ0n) is 9.19. The van der Waals surface area contributed by atoms with E-state index in [0.29, 0.717) is 12.8 Å². The van der Waals surface area contributed by atoms with Gasteiger partial charge >= 0.3 is 0 Å². The van der Waals surface area contributed by atoms with Gasteiger partial charge < -0.3 is 0 Å². The molecule has 4 nitrogen and oxygen atoms in total. The van der Waals surface area contributed by atoms with E-state index in [1.54, 1.807) is 0 Å². The number of rotatable bonds is 2. The first-order valence-electron chi connectivity index (χ1n) is 5.32. The first kappa shape index (κ1) is 11.7. The van der Waals surface area contributed by atoms with Crippen LogP contribution in [-0.2, 0) is 9.59 Å². The minimum absolute atomic E-state index is 0.0130. The third-order valence-electron chi connectivity index (χ3n) is 2.61. The highest BCUT2D eigenvalue weighted by molar-refractivity contribution is 5.96. The number of amides is 2. The van der Waals surface area contributed by atoms with E-state index in [0.717, 1.165) is 17.7 Å². The number of imide groups is 1. The van der Waals surface area contributed by atoms with Crippen LogP contribution in [-0.4, -0.2) is 22.8 Å². The molecule has 1 rings (SSSR count). The lowest BCUT2D eigenvalue weighted by Crippen LogP contribution is -2.45. The van der Waals surface area contributed by atoms with E-state index in [2.05, 4.69) is 0 Å². The first-order valence-corrected chi connectivity index (χ1v) is 5.32. The molecule has 0 aromatic heterocycles. The zero-order chi connectivity index (χ0) is 11.4. The van der Waals surface area contributed by atoms with Crippen LogP contribution in [0.25, 0.3) is 0 Å². The first-order chi connectivity index (χ1) is 7.07. The van der Waals surface area contributed by atoms with Crippen molar-refractivity contribution < 1.29 is 9.59 Å². The van der Waals surface area contributed by atoms with Crippen molar-refractivity contribution in [3.05, 3.63) is 0 Å². The molecule has 15 heavy (non-hydrogen) atoms. The quantitative estimate of drug-likeness (QED) is 0.645. The summed E-state index contributed by atoms with van der Waals surface area (Å²) in [7, 11) is 0. The van der Waals surface area contributed by atoms with Gasteiger partial charge in [-0.3, -0.25) is 14.5 Å². The predicted octanol–water partition coefficient (Wildman–Crippen LogP) is 1.46. The fourth-order valence-corrected chi connectivity index (χ4v) is 1.75. The van der Waals surface area contributed by atoms with E-state index in [1.807, 2.05) is 19.9 Å². The summed E-state index contributed by atoms with van der Waals surface area (Å²) in [6.07, 6.45) is 2.27. The van der Waals surface area contributed by atoms with Crippen LogP contribution in [0, 0.1) is 17.2 Å². The van der Waals surface area contributed by atoms with Gasteiger partial charge in [-0.1, -0.05) is 13.8 Å². The molecule has 0 saturated carbocycles. The number of carbonyl (C=O) groups is 2. The van der Waals surface area contributed by atoms with Crippen LogP contribution in [0.4, 0.5) is 0 Å². The van der Waals surface area contributed by atoms with Gasteiger partial charge in [0.15, 0.2) is 0 Å². The van der Waals surface area contributed by atoms with Crippen LogP contribution in [0.15, 0.2) is 0 Å². The number of nitriles is 1. The molecule has 0 aromatic carbocycles. The summed E-state index contributed by atoms with van der Waals surface area (Å²) in [6.45, 7) is 3.69. The van der Waals surface area contributed by atoms with Crippen molar-refractivity contribution in [2.24, 2.45) is 5.92 Å². The molecular weight excluding hydrogens is 192 g/mol. The average Bonchev–Trinajstić information content (AvgIpc) is 2.32. The van der Waals surface area contributed by atoms with Crippen LogP contribution in [0.3, 0.4) is 0 Å². The van der Waals surface area contributed by atoms with Crippen molar-refractivity contribution in [2.75, 3.05) is 0 Å². The summed E-state index contributed by atoms with van der Waals surface area (Å²) in [5.74, 6) is -0.406. The van der Waals surface area contributed by atoms with Gasteiger partial charge in [0.25, 0.3) is 0 Å². The molecule has 1 atom stereocenters. The second-order valence-electron chi connectivity index (χ2n) is 4.18. The molecule has 0 aliphatic carbocycles. The molecule has 82 valence electrons. The summed E-state index contributed by atoms with van der Waals surface area (Å²) >= 11 is 0. The van der Waals surface area contributed by atoms with Crippen molar-refractivity contribution in [1.82, 2.24) is 4.90 Å². The molecule has 4 heteroatoms. The molecule has 1 fully saturated rings. The van der Waals surface area contributed by atoms with Crippen LogP contribution in [0.2, 0.25) is 0 Å². The SMILES string of the molecule is CC(C)C(C#N)N1C(=O)CCCCC1=O. The number of hydrogen-bond donors (Lipinski definition) is 0. The van der Waals surface area contributed by atoms with Gasteiger partial charge in [-0.2, -0.15) is 5.26 Å². The van der Waals surface area contributed by atoms with Gasteiger partial charge in [-0.25, -0.2) is 0 Å². The Labute approximate surface area is 89.9 Å². The number of likely N-dealkylation sites (tertiary alicyclic amines) is 1.